The van der Waals surface area contributed by atoms with Gasteiger partial charge in [0.2, 0.25) is 0 Å². The van der Waals surface area contributed by atoms with E-state index in [0.29, 0.717) is 27.6 Å². The smallest absolute Gasteiger partial charge is 0.333 e. The Morgan fingerprint density at radius 1 is 0.919 bits per heavy atom. The summed E-state index contributed by atoms with van der Waals surface area (Å²) in [6.07, 6.45) is 16.2. The van der Waals surface area contributed by atoms with Gasteiger partial charge in [-0.1, -0.05) is 66.2 Å². The summed E-state index contributed by atoms with van der Waals surface area (Å²) in [7, 11) is 0. The number of allylic oxidation sites excluding steroid dienone is 3. The second-order valence-electron chi connectivity index (χ2n) is 16.0. The van der Waals surface area contributed by atoms with Crippen molar-refractivity contribution >= 4 is 5.97 Å². The Bertz CT molecular complexity index is 1000. The van der Waals surface area contributed by atoms with E-state index in [4.69, 9.17) is 4.74 Å². The molecule has 2 heteroatoms. The molecule has 0 amide bonds. The van der Waals surface area contributed by atoms with Crippen molar-refractivity contribution in [2.24, 2.45) is 56.7 Å². The zero-order valence-electron chi connectivity index (χ0n) is 25.8. The summed E-state index contributed by atoms with van der Waals surface area (Å²) in [6.45, 7) is 24.4. The molecule has 0 bridgehead atoms. The molecule has 10 atom stereocenters. The Labute approximate surface area is 228 Å². The summed E-state index contributed by atoms with van der Waals surface area (Å²) in [4.78, 5) is 12.7. The van der Waals surface area contributed by atoms with E-state index >= 15 is 0 Å². The van der Waals surface area contributed by atoms with Crippen LogP contribution in [0.2, 0.25) is 0 Å². The van der Waals surface area contributed by atoms with Gasteiger partial charge in [0.05, 0.1) is 0 Å². The highest BCUT2D eigenvalue weighted by Crippen LogP contribution is 2.76. The molecule has 0 saturated heterocycles. The van der Waals surface area contributed by atoms with Gasteiger partial charge in [0.15, 0.2) is 0 Å². The fourth-order valence-corrected chi connectivity index (χ4v) is 11.8. The molecule has 2 nitrogen and oxygen atoms in total. The molecule has 4 saturated carbocycles. The normalized spacial score (nSPS) is 51.1. The van der Waals surface area contributed by atoms with Crippen molar-refractivity contribution in [1.29, 1.82) is 0 Å². The Morgan fingerprint density at radius 2 is 1.62 bits per heavy atom. The zero-order valence-corrected chi connectivity index (χ0v) is 25.8. The van der Waals surface area contributed by atoms with Gasteiger partial charge in [-0.25, -0.2) is 4.79 Å². The molecule has 5 aliphatic carbocycles. The molecule has 0 N–H and O–H groups in total. The van der Waals surface area contributed by atoms with Crippen LogP contribution in [0, 0.1) is 56.7 Å². The Kier molecular flexibility index (Phi) is 6.49. The first-order valence-electron chi connectivity index (χ1n) is 15.7. The predicted molar refractivity (Wildman–Crippen MR) is 154 cm³/mol. The maximum absolute atomic E-state index is 12.7. The van der Waals surface area contributed by atoms with E-state index in [9.17, 15) is 4.79 Å². The number of esters is 1. The van der Waals surface area contributed by atoms with Gasteiger partial charge in [0.1, 0.15) is 6.10 Å². The van der Waals surface area contributed by atoms with Gasteiger partial charge in [-0.3, -0.25) is 0 Å². The first-order chi connectivity index (χ1) is 17.2. The van der Waals surface area contributed by atoms with Crippen molar-refractivity contribution < 1.29 is 9.53 Å². The summed E-state index contributed by atoms with van der Waals surface area (Å²) >= 11 is 0. The van der Waals surface area contributed by atoms with Crippen molar-refractivity contribution in [1.82, 2.24) is 0 Å². The van der Waals surface area contributed by atoms with Crippen molar-refractivity contribution in [2.45, 2.75) is 133 Å². The summed E-state index contributed by atoms with van der Waals surface area (Å²) in [5, 5.41) is 0. The molecule has 0 radical (unpaired) electrons. The average molecular weight is 509 g/mol. The van der Waals surface area contributed by atoms with E-state index in [2.05, 4.69) is 61.5 Å². The third kappa shape index (κ3) is 3.65. The van der Waals surface area contributed by atoms with Crippen LogP contribution in [0.1, 0.15) is 127 Å². The lowest BCUT2D eigenvalue weighted by Gasteiger charge is -2.73. The molecular weight excluding hydrogens is 452 g/mol. The third-order valence-corrected chi connectivity index (χ3v) is 14.5. The van der Waals surface area contributed by atoms with Gasteiger partial charge in [-0.05, 0) is 130 Å². The van der Waals surface area contributed by atoms with Crippen molar-refractivity contribution in [3.63, 3.8) is 0 Å². The van der Waals surface area contributed by atoms with Gasteiger partial charge in [0, 0.05) is 11.0 Å². The largest absolute Gasteiger partial charge is 0.458 e. The predicted octanol–water partition coefficient (Wildman–Crippen LogP) is 9.54. The van der Waals surface area contributed by atoms with Crippen LogP contribution >= 0.6 is 0 Å². The number of hydrogen-bond acceptors (Lipinski definition) is 2. The number of carbonyl (C=O) groups is 1. The first kappa shape index (κ1) is 27.5. The van der Waals surface area contributed by atoms with Gasteiger partial charge >= 0.3 is 5.97 Å². The quantitative estimate of drug-likeness (QED) is 0.211. The minimum Gasteiger partial charge on any atom is -0.458 e. The number of hydrogen-bond donors (Lipinski definition) is 0. The van der Waals surface area contributed by atoms with E-state index in [1.54, 1.807) is 5.57 Å². The lowest BCUT2D eigenvalue weighted by Crippen LogP contribution is -2.67. The molecule has 0 aromatic heterocycles. The Morgan fingerprint density at radius 3 is 2.30 bits per heavy atom. The fraction of sp³-hybridized carbons (Fsp3) is 0.857. The second-order valence-corrected chi connectivity index (χ2v) is 16.0. The molecule has 0 aromatic rings. The van der Waals surface area contributed by atoms with Crippen LogP contribution in [-0.4, -0.2) is 12.1 Å². The van der Waals surface area contributed by atoms with E-state index in [1.165, 1.54) is 51.4 Å². The molecule has 5 aliphatic rings. The molecule has 0 aliphatic heterocycles. The molecule has 5 rings (SSSR count). The van der Waals surface area contributed by atoms with E-state index in [-0.39, 0.29) is 17.5 Å². The fourth-order valence-electron chi connectivity index (χ4n) is 11.8. The molecule has 4 fully saturated rings. The molecule has 0 spiro atoms. The molecule has 37 heavy (non-hydrogen) atoms. The van der Waals surface area contributed by atoms with Crippen molar-refractivity contribution in [3.8, 4) is 0 Å². The first-order valence-corrected chi connectivity index (χ1v) is 15.7. The lowest BCUT2D eigenvalue weighted by atomic mass is 9.31. The SMILES string of the molecule is C/C=C(\C)C(=O)O[C@H]1CC[C@]2(C)[C@H]3CC[C@@H]4[C@H]5[C@H](C)C(C)=CC[C@]5(C)CC[C@@]4(C)[C@]3(C)CC[C@H]2C1(C)C. The van der Waals surface area contributed by atoms with E-state index in [0.717, 1.165) is 35.7 Å². The van der Waals surface area contributed by atoms with E-state index < -0.39 is 0 Å². The van der Waals surface area contributed by atoms with Gasteiger partial charge < -0.3 is 4.74 Å². The van der Waals surface area contributed by atoms with Crippen LogP contribution in [0.25, 0.3) is 0 Å². The molecule has 0 unspecified atom stereocenters. The average Bonchev–Trinajstić information content (AvgIpc) is 2.83. The number of carbonyl (C=O) groups excluding carboxylic acids is 1. The standard InChI is InChI=1S/C35H56O2/c1-11-22(2)30(36)37-28-16-18-33(8)26(31(28,5)6)15-19-35(10)27(33)13-12-25-29-24(4)23(3)14-17-32(29,7)20-21-34(25,35)9/h11,14,24-29H,12-13,15-21H2,1-10H3/b22-11+/t24-,25-,26+,27-,28+,29-,32-,33+,34-,35-/m1/s1. The maximum atomic E-state index is 12.7. The minimum atomic E-state index is -0.117. The molecule has 0 heterocycles. The van der Waals surface area contributed by atoms with Gasteiger partial charge in [-0.15, -0.1) is 0 Å². The number of fused-ring (bicyclic) bond motifs is 7. The monoisotopic (exact) mass is 508 g/mol. The van der Waals surface area contributed by atoms with Crippen molar-refractivity contribution in [2.75, 3.05) is 0 Å². The van der Waals surface area contributed by atoms with E-state index in [1.807, 2.05) is 19.9 Å². The summed E-state index contributed by atoms with van der Waals surface area (Å²) in [5.74, 6) is 3.67. The zero-order chi connectivity index (χ0) is 27.2. The topological polar surface area (TPSA) is 26.3 Å². The molecular formula is C35H56O2. The van der Waals surface area contributed by atoms with Gasteiger partial charge in [-0.2, -0.15) is 0 Å². The van der Waals surface area contributed by atoms with Crippen LogP contribution in [0.5, 0.6) is 0 Å². The maximum Gasteiger partial charge on any atom is 0.333 e. The van der Waals surface area contributed by atoms with Crippen molar-refractivity contribution in [3.05, 3.63) is 23.3 Å². The van der Waals surface area contributed by atoms with Crippen LogP contribution in [-0.2, 0) is 9.53 Å². The summed E-state index contributed by atoms with van der Waals surface area (Å²) < 4.78 is 6.20. The summed E-state index contributed by atoms with van der Waals surface area (Å²) in [6, 6.07) is 0. The van der Waals surface area contributed by atoms with Crippen LogP contribution in [0.3, 0.4) is 0 Å². The lowest BCUT2D eigenvalue weighted by molar-refractivity contribution is -0.252. The summed E-state index contributed by atoms with van der Waals surface area (Å²) in [5.41, 5.74) is 4.05. The van der Waals surface area contributed by atoms with Gasteiger partial charge in [0.25, 0.3) is 0 Å². The minimum absolute atomic E-state index is 0.0146. The highest BCUT2D eigenvalue weighted by atomic mass is 16.5. The molecule has 208 valence electrons. The number of rotatable bonds is 2. The highest BCUT2D eigenvalue weighted by Gasteiger charge is 2.69. The Balaban J connectivity index is 1.46. The highest BCUT2D eigenvalue weighted by molar-refractivity contribution is 5.87. The second kappa shape index (κ2) is 8.72. The van der Waals surface area contributed by atoms with Crippen LogP contribution in [0.4, 0.5) is 0 Å². The van der Waals surface area contributed by atoms with Crippen LogP contribution < -0.4 is 0 Å². The third-order valence-electron chi connectivity index (χ3n) is 14.5. The Hall–Kier alpha value is -1.05. The number of ether oxygens (including phenoxy) is 1. The van der Waals surface area contributed by atoms with Crippen LogP contribution in [0.15, 0.2) is 23.3 Å². The molecule has 0 aromatic carbocycles.